The first-order chi connectivity index (χ1) is 6.11. The summed E-state index contributed by atoms with van der Waals surface area (Å²) in [7, 11) is 0. The van der Waals surface area contributed by atoms with Crippen LogP contribution in [0, 0.1) is 5.92 Å². The summed E-state index contributed by atoms with van der Waals surface area (Å²) in [5.41, 5.74) is 0. The van der Waals surface area contributed by atoms with Crippen molar-refractivity contribution in [1.82, 2.24) is 5.32 Å². The van der Waals surface area contributed by atoms with Crippen molar-refractivity contribution in [1.29, 1.82) is 0 Å². The highest BCUT2D eigenvalue weighted by Gasteiger charge is 2.12. The van der Waals surface area contributed by atoms with Gasteiger partial charge in [0.1, 0.15) is 0 Å². The van der Waals surface area contributed by atoms with Gasteiger partial charge in [-0.1, -0.05) is 19.9 Å². The van der Waals surface area contributed by atoms with Crippen LogP contribution in [0.4, 0.5) is 0 Å². The number of hydrogen-bond acceptors (Lipinski definition) is 2. The Labute approximate surface area is 85.2 Å². The highest BCUT2D eigenvalue weighted by Crippen LogP contribution is 2.19. The van der Waals surface area contributed by atoms with Gasteiger partial charge in [0.15, 0.2) is 0 Å². The number of nitrogens with one attached hydrogen (secondary N) is 1. The summed E-state index contributed by atoms with van der Waals surface area (Å²) >= 11 is 1.82. The van der Waals surface area contributed by atoms with Crippen LogP contribution in [0.1, 0.15) is 38.6 Å². The minimum absolute atomic E-state index is 0.484. The van der Waals surface area contributed by atoms with E-state index in [0.717, 1.165) is 0 Å². The second-order valence-electron chi connectivity index (χ2n) is 3.94. The zero-order valence-corrected chi connectivity index (χ0v) is 9.69. The summed E-state index contributed by atoms with van der Waals surface area (Å²) in [4.78, 5) is 1.42. The number of hydrogen-bond donors (Lipinski definition) is 1. The molecule has 1 rings (SSSR count). The van der Waals surface area contributed by atoms with E-state index in [1.165, 1.54) is 4.88 Å². The van der Waals surface area contributed by atoms with Crippen molar-refractivity contribution < 1.29 is 0 Å². The Bertz CT molecular complexity index is 228. The van der Waals surface area contributed by atoms with Gasteiger partial charge >= 0.3 is 0 Å². The lowest BCUT2D eigenvalue weighted by Crippen LogP contribution is -2.32. The van der Waals surface area contributed by atoms with Crippen molar-refractivity contribution in [2.45, 2.75) is 39.8 Å². The van der Waals surface area contributed by atoms with Crippen LogP contribution < -0.4 is 5.32 Å². The SMILES string of the molecule is CC(C)C(C)N[C@H](C)c1cccs1. The van der Waals surface area contributed by atoms with Crippen molar-refractivity contribution in [3.8, 4) is 0 Å². The third-order valence-corrected chi connectivity index (χ3v) is 3.54. The molecular weight excluding hydrogens is 178 g/mol. The average molecular weight is 197 g/mol. The van der Waals surface area contributed by atoms with E-state index in [1.54, 1.807) is 0 Å². The van der Waals surface area contributed by atoms with Gasteiger partial charge in [0.2, 0.25) is 0 Å². The fraction of sp³-hybridized carbons (Fsp3) is 0.636. The second-order valence-corrected chi connectivity index (χ2v) is 4.92. The van der Waals surface area contributed by atoms with Gasteiger partial charge in [0, 0.05) is 17.0 Å². The maximum atomic E-state index is 3.59. The molecule has 0 bridgehead atoms. The standard InChI is InChI=1S/C11H19NS/c1-8(2)9(3)12-10(4)11-6-5-7-13-11/h5-10,12H,1-4H3/t9?,10-/m1/s1. The monoisotopic (exact) mass is 197 g/mol. The van der Waals surface area contributed by atoms with E-state index < -0.39 is 0 Å². The Kier molecular flexibility index (Phi) is 3.94. The smallest absolute Gasteiger partial charge is 0.0388 e. The highest BCUT2D eigenvalue weighted by molar-refractivity contribution is 7.10. The molecule has 0 radical (unpaired) electrons. The fourth-order valence-corrected chi connectivity index (χ4v) is 1.95. The van der Waals surface area contributed by atoms with Gasteiger partial charge in [-0.15, -0.1) is 11.3 Å². The van der Waals surface area contributed by atoms with Gasteiger partial charge in [0.25, 0.3) is 0 Å². The van der Waals surface area contributed by atoms with E-state index in [2.05, 4.69) is 50.5 Å². The predicted molar refractivity (Wildman–Crippen MR) is 60.2 cm³/mol. The molecule has 1 N–H and O–H groups in total. The average Bonchev–Trinajstić information content (AvgIpc) is 2.55. The van der Waals surface area contributed by atoms with E-state index in [4.69, 9.17) is 0 Å². The van der Waals surface area contributed by atoms with Crippen LogP contribution in [0.25, 0.3) is 0 Å². The zero-order chi connectivity index (χ0) is 9.84. The molecule has 74 valence electrons. The molecule has 0 saturated carbocycles. The Hall–Kier alpha value is -0.340. The van der Waals surface area contributed by atoms with Gasteiger partial charge in [-0.3, -0.25) is 0 Å². The van der Waals surface area contributed by atoms with Crippen LogP contribution in [0.15, 0.2) is 17.5 Å². The van der Waals surface area contributed by atoms with Crippen molar-refractivity contribution in [3.63, 3.8) is 0 Å². The minimum atomic E-state index is 0.484. The number of thiophene rings is 1. The third kappa shape index (κ3) is 3.12. The predicted octanol–water partition coefficient (Wildman–Crippen LogP) is 3.44. The fourth-order valence-electron chi connectivity index (χ4n) is 1.21. The topological polar surface area (TPSA) is 12.0 Å². The molecule has 1 aromatic heterocycles. The van der Waals surface area contributed by atoms with Gasteiger partial charge < -0.3 is 5.32 Å². The molecule has 0 aliphatic heterocycles. The third-order valence-electron chi connectivity index (χ3n) is 2.48. The quantitative estimate of drug-likeness (QED) is 0.779. The zero-order valence-electron chi connectivity index (χ0n) is 8.87. The molecule has 1 unspecified atom stereocenters. The van der Waals surface area contributed by atoms with E-state index in [9.17, 15) is 0 Å². The molecular formula is C11H19NS. The first-order valence-corrected chi connectivity index (χ1v) is 5.78. The Balaban J connectivity index is 2.46. The summed E-state index contributed by atoms with van der Waals surface area (Å²) in [5.74, 6) is 0.697. The molecule has 1 heterocycles. The maximum Gasteiger partial charge on any atom is 0.0388 e. The molecule has 0 aromatic carbocycles. The summed E-state index contributed by atoms with van der Waals surface area (Å²) < 4.78 is 0. The molecule has 0 fully saturated rings. The minimum Gasteiger partial charge on any atom is -0.307 e. The lowest BCUT2D eigenvalue weighted by Gasteiger charge is -2.22. The van der Waals surface area contributed by atoms with Crippen molar-refractivity contribution in [2.24, 2.45) is 5.92 Å². The Morgan fingerprint density at radius 1 is 1.23 bits per heavy atom. The summed E-state index contributed by atoms with van der Waals surface area (Å²) in [6, 6.07) is 5.36. The first-order valence-electron chi connectivity index (χ1n) is 4.90. The van der Waals surface area contributed by atoms with Gasteiger partial charge in [0.05, 0.1) is 0 Å². The largest absolute Gasteiger partial charge is 0.307 e. The van der Waals surface area contributed by atoms with Crippen LogP contribution in [-0.2, 0) is 0 Å². The molecule has 13 heavy (non-hydrogen) atoms. The van der Waals surface area contributed by atoms with Crippen molar-refractivity contribution >= 4 is 11.3 Å². The molecule has 1 aromatic rings. The van der Waals surface area contributed by atoms with Crippen LogP contribution in [0.5, 0.6) is 0 Å². The second kappa shape index (κ2) is 4.77. The molecule has 0 amide bonds. The van der Waals surface area contributed by atoms with E-state index in [-0.39, 0.29) is 0 Å². The van der Waals surface area contributed by atoms with E-state index in [1.807, 2.05) is 11.3 Å². The molecule has 0 saturated heterocycles. The molecule has 0 aliphatic carbocycles. The lowest BCUT2D eigenvalue weighted by atomic mass is 10.1. The Morgan fingerprint density at radius 3 is 2.38 bits per heavy atom. The van der Waals surface area contributed by atoms with Gasteiger partial charge in [-0.05, 0) is 31.2 Å². The summed E-state index contributed by atoms with van der Waals surface area (Å²) in [6.07, 6.45) is 0. The molecule has 1 nitrogen and oxygen atoms in total. The van der Waals surface area contributed by atoms with Crippen LogP contribution >= 0.6 is 11.3 Å². The summed E-state index contributed by atoms with van der Waals surface area (Å²) in [6.45, 7) is 8.97. The molecule has 2 atom stereocenters. The Morgan fingerprint density at radius 2 is 1.92 bits per heavy atom. The van der Waals surface area contributed by atoms with Gasteiger partial charge in [-0.25, -0.2) is 0 Å². The highest BCUT2D eigenvalue weighted by atomic mass is 32.1. The van der Waals surface area contributed by atoms with E-state index in [0.29, 0.717) is 18.0 Å². The van der Waals surface area contributed by atoms with Gasteiger partial charge in [-0.2, -0.15) is 0 Å². The molecule has 0 aliphatic rings. The maximum absolute atomic E-state index is 3.59. The van der Waals surface area contributed by atoms with Crippen LogP contribution in [-0.4, -0.2) is 6.04 Å². The van der Waals surface area contributed by atoms with Crippen molar-refractivity contribution in [2.75, 3.05) is 0 Å². The lowest BCUT2D eigenvalue weighted by molar-refractivity contribution is 0.391. The molecule has 2 heteroatoms. The molecule has 0 spiro atoms. The van der Waals surface area contributed by atoms with Crippen LogP contribution in [0.3, 0.4) is 0 Å². The summed E-state index contributed by atoms with van der Waals surface area (Å²) in [5, 5.41) is 5.72. The van der Waals surface area contributed by atoms with Crippen molar-refractivity contribution in [3.05, 3.63) is 22.4 Å². The van der Waals surface area contributed by atoms with Crippen LogP contribution in [0.2, 0.25) is 0 Å². The normalized spacial score (nSPS) is 16.1. The van der Waals surface area contributed by atoms with E-state index >= 15 is 0 Å². The number of rotatable bonds is 4. The first kappa shape index (κ1) is 10.7.